The van der Waals surface area contributed by atoms with Crippen molar-refractivity contribution in [3.05, 3.63) is 75.4 Å². The number of nitrogens with one attached hydrogen (secondary N) is 2. The molecule has 8 bridgehead atoms. The highest BCUT2D eigenvalue weighted by Gasteiger charge is 2.34. The van der Waals surface area contributed by atoms with Crippen LogP contribution in [0.2, 0.25) is 0 Å². The molecule has 2 N–H and O–H groups in total. The van der Waals surface area contributed by atoms with Gasteiger partial charge in [0.1, 0.15) is 0 Å². The largest absolute Gasteiger partial charge is 0.389 e. The normalized spacial score (nSPS) is 18.6. The number of H-pyrrole nitrogens is 2. The Balaban J connectivity index is 1.86. The number of carbonyl (C=O) groups excluding carboxylic acids is 2. The van der Waals surface area contributed by atoms with Crippen LogP contribution >= 0.6 is 0 Å². The van der Waals surface area contributed by atoms with Gasteiger partial charge in [-0.15, -0.1) is 0 Å². The van der Waals surface area contributed by atoms with Crippen molar-refractivity contribution in [2.75, 3.05) is 0 Å². The van der Waals surface area contributed by atoms with E-state index >= 15 is 0 Å². The van der Waals surface area contributed by atoms with Crippen LogP contribution in [0.3, 0.4) is 0 Å². The number of fused-ring (bicyclic) bond motifs is 8. The molecule has 0 radical (unpaired) electrons. The summed E-state index contributed by atoms with van der Waals surface area (Å²) in [6.45, 7) is 16.6. The predicted molar refractivity (Wildman–Crippen MR) is 159 cm³/mol. The maximum Gasteiger partial charge on any atom is 0.348 e. The van der Waals surface area contributed by atoms with E-state index in [0.29, 0.717) is 11.1 Å². The van der Waals surface area contributed by atoms with Gasteiger partial charge < -0.3 is 14.7 Å². The number of allylic oxidation sites excluding steroid dienone is 2. The lowest BCUT2D eigenvalue weighted by Crippen LogP contribution is -2.12. The summed E-state index contributed by atoms with van der Waals surface area (Å²) in [6.07, 6.45) is 3.52. The number of hydrogen-bond acceptors (Lipinski definition) is 5. The first-order valence-corrected chi connectivity index (χ1v) is 14.0. The van der Waals surface area contributed by atoms with E-state index < -0.39 is 11.9 Å². The minimum atomic E-state index is -0.626. The molecule has 0 unspecified atom stereocenters. The van der Waals surface area contributed by atoms with E-state index in [9.17, 15) is 9.59 Å². The fourth-order valence-corrected chi connectivity index (χ4v) is 6.58. The molecule has 3 aliphatic rings. The highest BCUT2D eigenvalue weighted by molar-refractivity contribution is 6.09. The van der Waals surface area contributed by atoms with Crippen LogP contribution in [0.5, 0.6) is 0 Å². The molecule has 0 amide bonds. The average Bonchev–Trinajstić information content (AvgIpc) is 3.57. The second-order valence-corrected chi connectivity index (χ2v) is 11.0. The van der Waals surface area contributed by atoms with Crippen LogP contribution in [0.25, 0.3) is 39.3 Å². The Morgan fingerprint density at radius 2 is 1.73 bits per heavy atom. The SMILES string of the molecule is C=Cc1c(C)c2cc3nc(c4c5[nH]c(cc6nc(cc1[nH]2)C(C)=C6CC)c(C)c5C(=O)OC(=O)C4)[C@@H](CC)[C@@H]3C. The molecule has 0 aliphatic carbocycles. The number of esters is 2. The summed E-state index contributed by atoms with van der Waals surface area (Å²) in [5.74, 6) is -0.970. The van der Waals surface area contributed by atoms with Crippen molar-refractivity contribution in [3.63, 3.8) is 0 Å². The summed E-state index contributed by atoms with van der Waals surface area (Å²) in [4.78, 5) is 43.3. The molecule has 6 rings (SSSR count). The molecular formula is C33H34N4O3. The summed E-state index contributed by atoms with van der Waals surface area (Å²) in [7, 11) is 0. The van der Waals surface area contributed by atoms with Gasteiger partial charge in [0, 0.05) is 45.2 Å². The third-order valence-corrected chi connectivity index (χ3v) is 8.91. The highest BCUT2D eigenvalue weighted by Crippen LogP contribution is 2.42. The van der Waals surface area contributed by atoms with Crippen LogP contribution in [-0.2, 0) is 16.0 Å². The Labute approximate surface area is 233 Å². The molecule has 3 aromatic rings. The van der Waals surface area contributed by atoms with E-state index in [1.54, 1.807) is 0 Å². The number of ether oxygens (including phenoxy) is 1. The second-order valence-electron chi connectivity index (χ2n) is 11.0. The fourth-order valence-electron chi connectivity index (χ4n) is 6.58. The Hall–Kier alpha value is -4.26. The molecule has 204 valence electrons. The number of carbonyl (C=O) groups is 2. The van der Waals surface area contributed by atoms with Gasteiger partial charge in [-0.3, -0.25) is 9.78 Å². The Kier molecular flexibility index (Phi) is 6.13. The lowest BCUT2D eigenvalue weighted by atomic mass is 9.86. The van der Waals surface area contributed by atoms with Crippen molar-refractivity contribution >= 4 is 51.2 Å². The molecule has 0 saturated carbocycles. The van der Waals surface area contributed by atoms with Crippen molar-refractivity contribution in [3.8, 4) is 0 Å². The topological polar surface area (TPSA) is 101 Å². The molecule has 40 heavy (non-hydrogen) atoms. The van der Waals surface area contributed by atoms with Crippen molar-refractivity contribution in [2.45, 2.75) is 72.6 Å². The van der Waals surface area contributed by atoms with Gasteiger partial charge in [0.05, 0.1) is 34.6 Å². The first-order chi connectivity index (χ1) is 19.2. The molecule has 0 aromatic carbocycles. The molecule has 0 spiro atoms. The van der Waals surface area contributed by atoms with Crippen molar-refractivity contribution in [1.82, 2.24) is 19.9 Å². The van der Waals surface area contributed by atoms with Crippen LogP contribution in [0.4, 0.5) is 0 Å². The van der Waals surface area contributed by atoms with E-state index in [-0.39, 0.29) is 18.3 Å². The van der Waals surface area contributed by atoms with Gasteiger partial charge in [-0.1, -0.05) is 33.4 Å². The number of aryl methyl sites for hydroxylation is 2. The van der Waals surface area contributed by atoms with Crippen molar-refractivity contribution in [1.29, 1.82) is 0 Å². The number of aromatic amines is 2. The van der Waals surface area contributed by atoms with E-state index in [2.05, 4.69) is 63.3 Å². The molecule has 7 heteroatoms. The summed E-state index contributed by atoms with van der Waals surface area (Å²) in [5, 5.41) is 0. The summed E-state index contributed by atoms with van der Waals surface area (Å²) in [6, 6.07) is 6.21. The van der Waals surface area contributed by atoms with Gasteiger partial charge in [-0.25, -0.2) is 9.78 Å². The average molecular weight is 535 g/mol. The lowest BCUT2D eigenvalue weighted by Gasteiger charge is -2.15. The molecule has 3 aliphatic heterocycles. The summed E-state index contributed by atoms with van der Waals surface area (Å²) in [5.41, 5.74) is 13.1. The highest BCUT2D eigenvalue weighted by atomic mass is 16.6. The molecule has 0 fully saturated rings. The monoisotopic (exact) mass is 534 g/mol. The Morgan fingerprint density at radius 3 is 2.42 bits per heavy atom. The Morgan fingerprint density at radius 1 is 1.00 bits per heavy atom. The third-order valence-electron chi connectivity index (χ3n) is 8.91. The van der Waals surface area contributed by atoms with E-state index in [4.69, 9.17) is 14.7 Å². The molecule has 0 saturated heterocycles. The molecular weight excluding hydrogens is 500 g/mol. The zero-order chi connectivity index (χ0) is 28.5. The van der Waals surface area contributed by atoms with Crippen molar-refractivity contribution < 1.29 is 14.3 Å². The first-order valence-electron chi connectivity index (χ1n) is 14.0. The zero-order valence-corrected chi connectivity index (χ0v) is 23.9. The lowest BCUT2D eigenvalue weighted by molar-refractivity contribution is -0.137. The van der Waals surface area contributed by atoms with E-state index in [1.165, 1.54) is 0 Å². The first kappa shape index (κ1) is 26.0. The molecule has 2 atom stereocenters. The van der Waals surface area contributed by atoms with Gasteiger partial charge in [0.15, 0.2) is 0 Å². The number of rotatable bonds is 3. The van der Waals surface area contributed by atoms with Crippen LogP contribution in [-0.4, -0.2) is 31.9 Å². The molecule has 6 heterocycles. The number of aromatic nitrogens is 4. The maximum absolute atomic E-state index is 13.2. The van der Waals surface area contributed by atoms with Crippen LogP contribution in [0.15, 0.2) is 24.8 Å². The van der Waals surface area contributed by atoms with E-state index in [0.717, 1.165) is 85.6 Å². The summed E-state index contributed by atoms with van der Waals surface area (Å²) >= 11 is 0. The summed E-state index contributed by atoms with van der Waals surface area (Å²) < 4.78 is 5.26. The van der Waals surface area contributed by atoms with Gasteiger partial charge in [-0.2, -0.15) is 0 Å². The fraction of sp³-hybridized carbons (Fsp3) is 0.333. The van der Waals surface area contributed by atoms with Crippen LogP contribution < -0.4 is 0 Å². The van der Waals surface area contributed by atoms with Crippen LogP contribution in [0.1, 0.15) is 108 Å². The number of cyclic esters (lactones) is 2. The maximum atomic E-state index is 13.2. The quantitative estimate of drug-likeness (QED) is 0.268. The number of hydrogen-bond donors (Lipinski definition) is 2. The van der Waals surface area contributed by atoms with Gasteiger partial charge in [0.25, 0.3) is 0 Å². The van der Waals surface area contributed by atoms with Gasteiger partial charge in [-0.05, 0) is 74.1 Å². The number of nitrogens with zero attached hydrogens (tertiary/aromatic N) is 2. The van der Waals surface area contributed by atoms with E-state index in [1.807, 2.05) is 19.1 Å². The molecule has 7 nitrogen and oxygen atoms in total. The minimum Gasteiger partial charge on any atom is -0.389 e. The second kappa shape index (κ2) is 9.44. The molecule has 3 aromatic heterocycles. The van der Waals surface area contributed by atoms with Gasteiger partial charge in [0.2, 0.25) is 0 Å². The third kappa shape index (κ3) is 3.79. The standard InChI is InChI=1S/C33H34N4O3/c1-8-19-15(4)23-12-25-17(6)21(10-3)31(36-25)22-11-29(38)40-33(39)30-18(7)26(37-32(22)30)14-28-20(9-2)16(5)24(35-28)13-27(19)34-23/h8,12-14,17,21,34,37H,1,9-11H2,2-7H3/t17-,21-/m0/s1. The van der Waals surface area contributed by atoms with Crippen LogP contribution in [0, 0.1) is 13.8 Å². The Bertz CT molecular complexity index is 1840. The van der Waals surface area contributed by atoms with Gasteiger partial charge >= 0.3 is 11.9 Å². The zero-order valence-electron chi connectivity index (χ0n) is 23.9. The smallest absolute Gasteiger partial charge is 0.348 e. The predicted octanol–water partition coefficient (Wildman–Crippen LogP) is 7.45. The van der Waals surface area contributed by atoms with Crippen molar-refractivity contribution in [2.24, 2.45) is 0 Å². The minimum absolute atomic E-state index is 0.0210.